The van der Waals surface area contributed by atoms with E-state index in [1.165, 1.54) is 15.8 Å². The Balaban J connectivity index is 1.06. The number of aromatic nitrogens is 6. The second kappa shape index (κ2) is 22.5. The van der Waals surface area contributed by atoms with E-state index >= 15 is 0 Å². The highest BCUT2D eigenvalue weighted by Crippen LogP contribution is 2.60. The molecule has 28 heteroatoms. The topological polar surface area (TPSA) is 379 Å². The molecule has 3 aromatic heterocycles. The van der Waals surface area contributed by atoms with Crippen LogP contribution in [0.5, 0.6) is 0 Å². The van der Waals surface area contributed by atoms with E-state index in [0.29, 0.717) is 24.3 Å². The summed E-state index contributed by atoms with van der Waals surface area (Å²) < 4.78 is 46.2. The Morgan fingerprint density at radius 1 is 0.896 bits per heavy atom. The number of aryl methyl sites for hydroxylation is 2. The second-order valence-corrected chi connectivity index (χ2v) is 19.6. The maximum Gasteiger partial charge on any atom is 0.481 e. The lowest BCUT2D eigenvalue weighted by molar-refractivity contribution is -0.0719. The van der Waals surface area contributed by atoms with Crippen LogP contribution >= 0.6 is 15.6 Å². The quantitative estimate of drug-likeness (QED) is 0.0311. The third kappa shape index (κ3) is 12.5. The van der Waals surface area contributed by atoms with Crippen molar-refractivity contribution < 1.29 is 62.5 Å². The van der Waals surface area contributed by atoms with Crippen molar-refractivity contribution >= 4 is 55.5 Å². The number of anilines is 5. The minimum atomic E-state index is -5.57. The summed E-state index contributed by atoms with van der Waals surface area (Å²) >= 11 is 0. The first-order chi connectivity index (χ1) is 31.7. The summed E-state index contributed by atoms with van der Waals surface area (Å²) in [6.07, 6.45) is -5.03. The zero-order chi connectivity index (χ0) is 48.8. The fraction of sp³-hybridized carbons (Fsp3) is 0.615. The highest BCUT2D eigenvalue weighted by Gasteiger charge is 2.47. The molecule has 13 N–H and O–H groups in total. The number of hydrogen-bond acceptors (Lipinski definition) is 21. The number of aliphatic hydroxyl groups excluding tert-OH is 5. The molecule has 0 saturated carbocycles. The number of aliphatic hydroxyl groups is 5. The van der Waals surface area contributed by atoms with Crippen LogP contribution in [-0.2, 0) is 27.2 Å². The third-order valence-electron chi connectivity index (χ3n) is 11.6. The summed E-state index contributed by atoms with van der Waals surface area (Å²) in [6, 6.07) is 3.38. The summed E-state index contributed by atoms with van der Waals surface area (Å²) in [6.45, 7) is 8.50. The number of H-pyrrole nitrogens is 2. The summed E-state index contributed by atoms with van der Waals surface area (Å²) in [5.41, 5.74) is 7.35. The largest absolute Gasteiger partial charge is 0.481 e. The number of benzene rings is 1. The van der Waals surface area contributed by atoms with E-state index in [1.807, 2.05) is 31.7 Å². The molecular weight excluding hydrogens is 924 g/mol. The number of nitrogens with zero attached hydrogens (tertiary/aromatic N) is 6. The third-order valence-corrected chi connectivity index (χ3v) is 14.2. The van der Waals surface area contributed by atoms with Crippen LogP contribution in [0.2, 0.25) is 0 Å². The second-order valence-electron chi connectivity index (χ2n) is 16.6. The van der Waals surface area contributed by atoms with E-state index in [1.54, 1.807) is 6.07 Å². The molecule has 0 bridgehead atoms. The van der Waals surface area contributed by atoms with Gasteiger partial charge in [-0.2, -0.15) is 4.31 Å². The van der Waals surface area contributed by atoms with Gasteiger partial charge in [-0.25, -0.2) is 28.9 Å². The normalized spacial score (nSPS) is 22.0. The van der Waals surface area contributed by atoms with Crippen molar-refractivity contribution in [2.75, 3.05) is 61.5 Å². The van der Waals surface area contributed by atoms with E-state index in [-0.39, 0.29) is 34.5 Å². The number of fused-ring (bicyclic) bond motifs is 3. The van der Waals surface area contributed by atoms with Crippen LogP contribution in [0.3, 0.4) is 0 Å². The smallest absolute Gasteiger partial charge is 0.388 e. The molecule has 0 amide bonds. The predicted octanol–water partition coefficient (Wildman–Crippen LogP) is 0.182. The fourth-order valence-corrected chi connectivity index (χ4v) is 9.88. The first kappa shape index (κ1) is 52.2. The minimum Gasteiger partial charge on any atom is -0.388 e. The van der Waals surface area contributed by atoms with Gasteiger partial charge in [-0.05, 0) is 95.9 Å². The van der Waals surface area contributed by atoms with Gasteiger partial charge in [0.05, 0.1) is 37.5 Å². The molecule has 6 rings (SSSR count). The molecule has 2 aliphatic rings. The number of aromatic amines is 2. The Morgan fingerprint density at radius 2 is 1.55 bits per heavy atom. The van der Waals surface area contributed by atoms with Crippen molar-refractivity contribution in [3.8, 4) is 0 Å². The maximum absolute atomic E-state index is 13.6. The standard InChI is InChI=1S/C39H61N11O15P2/c1-5-6-10-41-11-7-8-12-42-13-9-23(4)50-25-15-22(3)21(2)14-24(25)48(36-30(50)37(56)47-39(57)46-36)16-26(51)31(53)27(52)17-62-66(58,59)65-67(60,61)63-18-28-32(54)33(55)38(64-28)49-20-45-29-34(40)43-19-44-35(29)49/h14-15,19-20,23,26-28,31-33,38,41-42,51-55H,5-13,16-18H2,1-4H3,(H,58,59)(H,60,61)(H2,40,43,44)(H2,46,47,56,57)/t23?,26-,27+,28+,31-,32+,33+,38+/m0/s1. The Morgan fingerprint density at radius 3 is 2.25 bits per heavy atom. The lowest BCUT2D eigenvalue weighted by Gasteiger charge is -2.43. The van der Waals surface area contributed by atoms with Gasteiger partial charge in [0.15, 0.2) is 17.7 Å². The molecule has 10 atom stereocenters. The van der Waals surface area contributed by atoms with Gasteiger partial charge in [0.1, 0.15) is 60.0 Å². The van der Waals surface area contributed by atoms with E-state index in [0.717, 1.165) is 62.8 Å². The van der Waals surface area contributed by atoms with Gasteiger partial charge in [-0.3, -0.25) is 28.4 Å². The lowest BCUT2D eigenvalue weighted by atomic mass is 10.00. The minimum absolute atomic E-state index is 0.000599. The Hall–Kier alpha value is -4.21. The maximum atomic E-state index is 13.6. The predicted molar refractivity (Wildman–Crippen MR) is 243 cm³/mol. The van der Waals surface area contributed by atoms with Gasteiger partial charge in [-0.15, -0.1) is 0 Å². The van der Waals surface area contributed by atoms with Gasteiger partial charge in [-0.1, -0.05) is 13.3 Å². The first-order valence-corrected chi connectivity index (χ1v) is 24.8. The summed E-state index contributed by atoms with van der Waals surface area (Å²) in [5, 5.41) is 61.3. The molecule has 3 unspecified atom stereocenters. The molecule has 0 radical (unpaired) electrons. The van der Waals surface area contributed by atoms with Crippen molar-refractivity contribution in [2.45, 2.75) is 109 Å². The molecule has 5 heterocycles. The summed E-state index contributed by atoms with van der Waals surface area (Å²) in [5.74, 6) is 0.0314. The number of β-amino-alcohol motifs (C(OH)–C–C–N with tert-alkyl or cyclic N) is 1. The van der Waals surface area contributed by atoms with Gasteiger partial charge in [0, 0.05) is 6.04 Å². The highest BCUT2D eigenvalue weighted by molar-refractivity contribution is 7.61. The number of phosphoric acid groups is 2. The molecule has 1 aromatic carbocycles. The zero-order valence-electron chi connectivity index (χ0n) is 37.5. The molecule has 1 fully saturated rings. The number of phosphoric ester groups is 2. The number of nitrogens with two attached hydrogens (primary N) is 1. The molecule has 4 aromatic rings. The van der Waals surface area contributed by atoms with Gasteiger partial charge in [0.25, 0.3) is 5.56 Å². The molecule has 0 spiro atoms. The van der Waals surface area contributed by atoms with Crippen molar-refractivity contribution in [2.24, 2.45) is 0 Å². The van der Waals surface area contributed by atoms with Crippen molar-refractivity contribution in [1.29, 1.82) is 0 Å². The van der Waals surface area contributed by atoms with Crippen LogP contribution in [0.25, 0.3) is 11.2 Å². The zero-order valence-corrected chi connectivity index (χ0v) is 39.3. The average molecular weight is 986 g/mol. The van der Waals surface area contributed by atoms with Crippen molar-refractivity contribution in [3.05, 3.63) is 56.8 Å². The number of hydrogen-bond donors (Lipinski definition) is 12. The molecule has 2 aliphatic heterocycles. The van der Waals surface area contributed by atoms with Crippen LogP contribution in [0, 0.1) is 13.8 Å². The number of nitrogens with one attached hydrogen (secondary N) is 4. The fourth-order valence-electron chi connectivity index (χ4n) is 7.78. The Bertz CT molecular complexity index is 2530. The number of nitrogen functional groups attached to an aromatic ring is 1. The monoisotopic (exact) mass is 985 g/mol. The molecule has 26 nitrogen and oxygen atoms in total. The highest BCUT2D eigenvalue weighted by atomic mass is 31.3. The summed E-state index contributed by atoms with van der Waals surface area (Å²) in [4.78, 5) is 67.0. The number of unbranched alkanes of at least 4 members (excludes halogenated alkanes) is 2. The Kier molecular flexibility index (Phi) is 17.5. The van der Waals surface area contributed by atoms with Crippen LogP contribution < -0.4 is 37.4 Å². The average Bonchev–Trinajstić information content (AvgIpc) is 3.82. The van der Waals surface area contributed by atoms with E-state index in [2.05, 4.69) is 51.3 Å². The van der Waals surface area contributed by atoms with Crippen LogP contribution in [-0.4, -0.2) is 153 Å². The van der Waals surface area contributed by atoms with Crippen molar-refractivity contribution in [3.63, 3.8) is 0 Å². The molecular formula is C39H61N11O15P2. The van der Waals surface area contributed by atoms with E-state index in [4.69, 9.17) is 15.0 Å². The Labute approximate surface area is 384 Å². The first-order valence-electron chi connectivity index (χ1n) is 21.8. The number of rotatable bonds is 25. The lowest BCUT2D eigenvalue weighted by Crippen LogP contribution is -2.48. The van der Waals surface area contributed by atoms with E-state index in [9.17, 15) is 54.0 Å². The van der Waals surface area contributed by atoms with Crippen LogP contribution in [0.1, 0.15) is 63.3 Å². The van der Waals surface area contributed by atoms with Crippen molar-refractivity contribution in [1.82, 2.24) is 40.1 Å². The summed E-state index contributed by atoms with van der Waals surface area (Å²) in [7, 11) is -11.1. The van der Waals surface area contributed by atoms with Gasteiger partial charge in [0.2, 0.25) is 0 Å². The van der Waals surface area contributed by atoms with Crippen LogP contribution in [0.15, 0.2) is 34.4 Å². The SMILES string of the molecule is CCCCNCCCCNCCC(C)N1c2cc(C)c(C)cc2N(C[C@H](O)[C@H](O)[C@H](O)COP(=O)(O)OP(=O)(O)OC[C@H]2O[C@@H](n3cnc4c(N)ncnc43)[C@H](O)[C@@H]2O)c2[nH]c(=O)[nH]c(=O)c21. The number of ether oxygens (including phenoxy) is 1. The molecule has 0 aliphatic carbocycles. The number of imidazole rings is 1. The van der Waals surface area contributed by atoms with Gasteiger partial charge < -0.3 is 66.2 Å². The molecule has 67 heavy (non-hydrogen) atoms. The van der Waals surface area contributed by atoms with Crippen LogP contribution in [0.4, 0.5) is 28.7 Å². The van der Waals surface area contributed by atoms with E-state index < -0.39 is 89.5 Å². The molecule has 1 saturated heterocycles. The molecule has 372 valence electrons. The van der Waals surface area contributed by atoms with Gasteiger partial charge >= 0.3 is 21.3 Å².